The Morgan fingerprint density at radius 1 is 1.04 bits per heavy atom. The van der Waals surface area contributed by atoms with Crippen LogP contribution in [-0.4, -0.2) is 51.9 Å². The van der Waals surface area contributed by atoms with E-state index in [0.29, 0.717) is 34.7 Å². The fraction of sp³-hybridized carbons (Fsp3) is 0.219. The number of nitrogen functional groups attached to an aromatic ring is 1. The summed E-state index contributed by atoms with van der Waals surface area (Å²) < 4.78 is 37.1. The molecule has 0 radical (unpaired) electrons. The number of aliphatic carboxylic acids is 2. The number of nitrogens with two attached hydrogens (primary N) is 1. The molecule has 1 unspecified atom stereocenters. The Bertz CT molecular complexity index is 1820. The lowest BCUT2D eigenvalue weighted by molar-refractivity contribution is -0.192. The second-order valence-electron chi connectivity index (χ2n) is 10.5. The van der Waals surface area contributed by atoms with E-state index in [1.165, 1.54) is 0 Å². The van der Waals surface area contributed by atoms with Crippen molar-refractivity contribution in [1.82, 2.24) is 10.3 Å². The average molecular weight is 654 g/mol. The summed E-state index contributed by atoms with van der Waals surface area (Å²) in [4.78, 5) is 51.0. The van der Waals surface area contributed by atoms with Gasteiger partial charge in [-0.15, -0.1) is 0 Å². The highest BCUT2D eigenvalue weighted by atomic mass is 19.4. The van der Waals surface area contributed by atoms with Crippen molar-refractivity contribution in [3.05, 3.63) is 95.2 Å². The zero-order valence-electron chi connectivity index (χ0n) is 24.8. The summed E-state index contributed by atoms with van der Waals surface area (Å²) in [6, 6.07) is 18.0. The summed E-state index contributed by atoms with van der Waals surface area (Å²) >= 11 is 0. The molecule has 2 aliphatic heterocycles. The van der Waals surface area contributed by atoms with Crippen molar-refractivity contribution in [2.24, 2.45) is 0 Å². The van der Waals surface area contributed by atoms with Crippen LogP contribution < -0.4 is 21.7 Å². The predicted molar refractivity (Wildman–Crippen MR) is 166 cm³/mol. The Labute approximate surface area is 265 Å². The van der Waals surface area contributed by atoms with Gasteiger partial charge in [-0.05, 0) is 71.0 Å². The molecule has 0 fully saturated rings. The fourth-order valence-electron chi connectivity index (χ4n) is 4.86. The third kappa shape index (κ3) is 9.09. The second kappa shape index (κ2) is 14.5. The molecular weight excluding hydrogens is 623 g/mol. The van der Waals surface area contributed by atoms with Crippen LogP contribution in [0.2, 0.25) is 0 Å². The summed E-state index contributed by atoms with van der Waals surface area (Å²) in [5, 5.41) is 27.3. The lowest BCUT2D eigenvalue weighted by atomic mass is 9.96. The van der Waals surface area contributed by atoms with Gasteiger partial charge in [-0.25, -0.2) is 14.6 Å². The van der Waals surface area contributed by atoms with Gasteiger partial charge in [0.05, 0.1) is 19.1 Å². The molecule has 3 aromatic carbocycles. The molecule has 0 aliphatic carbocycles. The predicted octanol–water partition coefficient (Wildman–Crippen LogP) is 5.35. The van der Waals surface area contributed by atoms with Crippen molar-refractivity contribution in [2.75, 3.05) is 23.0 Å². The van der Waals surface area contributed by atoms with Crippen molar-refractivity contribution in [3.63, 3.8) is 0 Å². The quantitative estimate of drug-likeness (QED) is 0.167. The molecule has 4 bridgehead atoms. The van der Waals surface area contributed by atoms with E-state index in [1.807, 2.05) is 49.4 Å². The standard InChI is InChI=1S/C30H29N5O5.C2HF3O2/c1-17-13-21-6-5-18(17)10-12-40-30(39)34-22-4-2-3-20(15-22)25(16-26(36)37)35-29(38)27(21)33-23-7-8-24-19(14-23)9-11-32-28(24)31;3-2(4,5)1(6)7/h2-9,11,13-15,25,27,33H,10,12,16H2,1H3,(H2,31,32)(H,34,39)(H,35,38)(H,36,37);(H,6,7)/t25?,27-;/m1./s1. The number of amides is 2. The number of nitrogens with zero attached hydrogens (tertiary/aromatic N) is 1. The minimum absolute atomic E-state index is 0.171. The van der Waals surface area contributed by atoms with E-state index >= 15 is 0 Å². The molecular formula is C32H30F3N5O7. The smallest absolute Gasteiger partial charge is 0.481 e. The molecule has 2 amide bonds. The summed E-state index contributed by atoms with van der Waals surface area (Å²) in [6.45, 7) is 2.10. The van der Waals surface area contributed by atoms with Gasteiger partial charge in [0.2, 0.25) is 5.91 Å². The molecule has 1 aromatic heterocycles. The van der Waals surface area contributed by atoms with E-state index in [2.05, 4.69) is 20.9 Å². The third-order valence-electron chi connectivity index (χ3n) is 7.15. The van der Waals surface area contributed by atoms with Gasteiger partial charge in [0.15, 0.2) is 0 Å². The highest BCUT2D eigenvalue weighted by Gasteiger charge is 2.38. The lowest BCUT2D eigenvalue weighted by Crippen LogP contribution is -2.37. The molecule has 2 aliphatic rings. The zero-order valence-corrected chi connectivity index (χ0v) is 24.8. The second-order valence-corrected chi connectivity index (χ2v) is 10.5. The lowest BCUT2D eigenvalue weighted by Gasteiger charge is -2.25. The maximum Gasteiger partial charge on any atom is 0.490 e. The monoisotopic (exact) mass is 653 g/mol. The average Bonchev–Trinajstić information content (AvgIpc) is 2.99. The van der Waals surface area contributed by atoms with Gasteiger partial charge < -0.3 is 31.3 Å². The van der Waals surface area contributed by atoms with Crippen LogP contribution in [-0.2, 0) is 25.5 Å². The van der Waals surface area contributed by atoms with Gasteiger partial charge in [-0.1, -0.05) is 30.3 Å². The van der Waals surface area contributed by atoms with Gasteiger partial charge >= 0.3 is 24.2 Å². The van der Waals surface area contributed by atoms with Crippen molar-refractivity contribution in [1.29, 1.82) is 0 Å². The van der Waals surface area contributed by atoms with Gasteiger partial charge in [0, 0.05) is 29.4 Å². The number of ether oxygens (including phenoxy) is 1. The van der Waals surface area contributed by atoms with Crippen molar-refractivity contribution in [3.8, 4) is 0 Å². The number of halogens is 3. The molecule has 7 N–H and O–H groups in total. The fourth-order valence-corrected chi connectivity index (χ4v) is 4.86. The number of hydrogen-bond donors (Lipinski definition) is 6. The largest absolute Gasteiger partial charge is 0.490 e. The first-order valence-corrected chi connectivity index (χ1v) is 14.1. The molecule has 47 heavy (non-hydrogen) atoms. The summed E-state index contributed by atoms with van der Waals surface area (Å²) in [7, 11) is 0. The van der Waals surface area contributed by atoms with Crippen molar-refractivity contribution < 1.29 is 47.3 Å². The number of nitrogens with one attached hydrogen (secondary N) is 3. The van der Waals surface area contributed by atoms with Crippen LogP contribution in [0.1, 0.15) is 40.8 Å². The SMILES string of the molecule is Cc1cc2ccc1CCOC(=O)Nc1cccc(c1)C(CC(=O)O)NC(=O)[C@@H]2Nc1ccc2c(N)nccc2c1.O=C(O)C(F)(F)F. The van der Waals surface area contributed by atoms with E-state index in [9.17, 15) is 32.7 Å². The number of pyridine rings is 1. The number of carboxylic acid groups (broad SMARTS) is 2. The minimum Gasteiger partial charge on any atom is -0.481 e. The van der Waals surface area contributed by atoms with Gasteiger partial charge in [-0.2, -0.15) is 13.2 Å². The molecule has 0 saturated heterocycles. The maximum atomic E-state index is 13.9. The van der Waals surface area contributed by atoms with Crippen molar-refractivity contribution >= 4 is 51.9 Å². The third-order valence-corrected chi connectivity index (χ3v) is 7.15. The first kappa shape index (κ1) is 34.0. The van der Waals surface area contributed by atoms with E-state index in [0.717, 1.165) is 21.9 Å². The number of rotatable bonds is 4. The number of carboxylic acids is 2. The number of benzene rings is 3. The van der Waals surface area contributed by atoms with Crippen LogP contribution in [0, 0.1) is 6.92 Å². The number of anilines is 3. The van der Waals surface area contributed by atoms with Crippen LogP contribution in [0.3, 0.4) is 0 Å². The molecule has 15 heteroatoms. The van der Waals surface area contributed by atoms with E-state index in [1.54, 1.807) is 30.5 Å². The first-order chi connectivity index (χ1) is 22.2. The molecule has 0 spiro atoms. The van der Waals surface area contributed by atoms with Crippen LogP contribution in [0.25, 0.3) is 10.8 Å². The minimum atomic E-state index is -5.08. The normalized spacial score (nSPS) is 16.6. The summed E-state index contributed by atoms with van der Waals surface area (Å²) in [6.07, 6.45) is -3.93. The Balaban J connectivity index is 0.000000644. The number of fused-ring (bicyclic) bond motifs is 10. The highest BCUT2D eigenvalue weighted by molar-refractivity contribution is 5.94. The van der Waals surface area contributed by atoms with E-state index < -0.39 is 42.2 Å². The van der Waals surface area contributed by atoms with E-state index in [4.69, 9.17) is 20.4 Å². The Hall–Kier alpha value is -5.86. The zero-order chi connectivity index (χ0) is 34.3. The number of carbonyl (C=O) groups is 4. The number of carbonyl (C=O) groups excluding carboxylic acids is 2. The van der Waals surface area contributed by atoms with Crippen LogP contribution in [0.4, 0.5) is 35.2 Å². The van der Waals surface area contributed by atoms with Gasteiger partial charge in [-0.3, -0.25) is 14.9 Å². The highest BCUT2D eigenvalue weighted by Crippen LogP contribution is 2.29. The van der Waals surface area contributed by atoms with Crippen LogP contribution >= 0.6 is 0 Å². The molecule has 246 valence electrons. The first-order valence-electron chi connectivity index (χ1n) is 14.1. The Morgan fingerprint density at radius 3 is 2.47 bits per heavy atom. The molecule has 2 atom stereocenters. The summed E-state index contributed by atoms with van der Waals surface area (Å²) in [5.41, 5.74) is 10.2. The topological polar surface area (TPSA) is 193 Å². The number of aryl methyl sites for hydroxylation is 1. The molecule has 4 aromatic rings. The van der Waals surface area contributed by atoms with E-state index in [-0.39, 0.29) is 13.0 Å². The molecule has 0 saturated carbocycles. The van der Waals surface area contributed by atoms with Crippen molar-refractivity contribution in [2.45, 2.75) is 38.0 Å². The molecule has 6 rings (SSSR count). The van der Waals surface area contributed by atoms with Crippen LogP contribution in [0.5, 0.6) is 0 Å². The van der Waals surface area contributed by atoms with Crippen LogP contribution in [0.15, 0.2) is 72.9 Å². The number of aromatic nitrogens is 1. The van der Waals surface area contributed by atoms with Gasteiger partial charge in [0.1, 0.15) is 11.9 Å². The Morgan fingerprint density at radius 2 is 1.79 bits per heavy atom. The Kier molecular flexibility index (Phi) is 10.5. The number of alkyl halides is 3. The summed E-state index contributed by atoms with van der Waals surface area (Å²) in [5.74, 6) is -3.83. The number of hydrogen-bond acceptors (Lipinski definition) is 8. The molecule has 12 nitrogen and oxygen atoms in total. The molecule has 3 heterocycles. The maximum absolute atomic E-state index is 13.9. The van der Waals surface area contributed by atoms with Gasteiger partial charge in [0.25, 0.3) is 0 Å².